The van der Waals surface area contributed by atoms with Crippen LogP contribution in [0.5, 0.6) is 0 Å². The molecule has 1 aliphatic heterocycles. The molecule has 1 aliphatic rings. The van der Waals surface area contributed by atoms with Gasteiger partial charge in [0.05, 0.1) is 19.2 Å². The number of hydrogen-bond donors (Lipinski definition) is 2. The first kappa shape index (κ1) is 15.8. The van der Waals surface area contributed by atoms with Crippen LogP contribution in [0.4, 0.5) is 4.79 Å². The summed E-state index contributed by atoms with van der Waals surface area (Å²) >= 11 is 1.70. The van der Waals surface area contributed by atoms with Gasteiger partial charge in [-0.2, -0.15) is 0 Å². The number of aryl methyl sites for hydroxylation is 2. The number of carboxylic acids is 1. The smallest absolute Gasteiger partial charge is 0.334 e. The number of amides is 2. The van der Waals surface area contributed by atoms with Gasteiger partial charge in [0.2, 0.25) is 0 Å². The summed E-state index contributed by atoms with van der Waals surface area (Å²) in [6, 6.07) is 1.72. The van der Waals surface area contributed by atoms with E-state index < -0.39 is 12.1 Å². The fraction of sp³-hybridized carbons (Fsp3) is 0.571. The molecule has 2 N–H and O–H groups in total. The first-order valence-corrected chi connectivity index (χ1v) is 7.67. The van der Waals surface area contributed by atoms with Crippen molar-refractivity contribution in [3.8, 4) is 0 Å². The third kappa shape index (κ3) is 3.74. The molecule has 1 aromatic heterocycles. The van der Waals surface area contributed by atoms with Gasteiger partial charge in [0, 0.05) is 16.3 Å². The molecule has 0 aromatic carbocycles. The number of rotatable bonds is 3. The molecule has 1 fully saturated rings. The quantitative estimate of drug-likeness (QED) is 0.894. The molecular weight excluding hydrogens is 292 g/mol. The van der Waals surface area contributed by atoms with Gasteiger partial charge in [-0.05, 0) is 32.4 Å². The molecule has 7 heteroatoms. The molecule has 0 bridgehead atoms. The number of hydrogen-bond acceptors (Lipinski definition) is 4. The molecule has 1 aromatic rings. The predicted octanol–water partition coefficient (Wildman–Crippen LogP) is 1.92. The van der Waals surface area contributed by atoms with Crippen LogP contribution >= 0.6 is 11.3 Å². The molecule has 2 rings (SSSR count). The molecule has 0 radical (unpaired) electrons. The van der Waals surface area contributed by atoms with Gasteiger partial charge in [-0.1, -0.05) is 0 Å². The Kier molecular flexibility index (Phi) is 4.84. The van der Waals surface area contributed by atoms with Gasteiger partial charge in [-0.3, -0.25) is 0 Å². The summed E-state index contributed by atoms with van der Waals surface area (Å²) in [7, 11) is 0. The van der Waals surface area contributed by atoms with Crippen molar-refractivity contribution in [3.63, 3.8) is 0 Å². The minimum atomic E-state index is -1.04. The van der Waals surface area contributed by atoms with E-state index in [-0.39, 0.29) is 25.2 Å². The lowest BCUT2D eigenvalue weighted by molar-refractivity contribution is -0.154. The number of urea groups is 1. The zero-order valence-electron chi connectivity index (χ0n) is 12.4. The van der Waals surface area contributed by atoms with Crippen LogP contribution in [0.15, 0.2) is 6.07 Å². The summed E-state index contributed by atoms with van der Waals surface area (Å²) in [5.74, 6) is -1.04. The highest BCUT2D eigenvalue weighted by Gasteiger charge is 2.29. The minimum absolute atomic E-state index is 0.0789. The third-order valence-electron chi connectivity index (χ3n) is 3.51. The van der Waals surface area contributed by atoms with E-state index in [9.17, 15) is 9.59 Å². The lowest BCUT2D eigenvalue weighted by Crippen LogP contribution is -2.52. The van der Waals surface area contributed by atoms with E-state index in [1.807, 2.05) is 20.8 Å². The van der Waals surface area contributed by atoms with Crippen LogP contribution in [0.2, 0.25) is 0 Å². The van der Waals surface area contributed by atoms with E-state index in [2.05, 4.69) is 11.4 Å². The van der Waals surface area contributed by atoms with E-state index in [0.29, 0.717) is 6.54 Å². The Hall–Kier alpha value is -1.60. The molecule has 6 nitrogen and oxygen atoms in total. The second kappa shape index (κ2) is 6.44. The van der Waals surface area contributed by atoms with E-state index in [4.69, 9.17) is 9.84 Å². The Morgan fingerprint density at radius 1 is 1.52 bits per heavy atom. The summed E-state index contributed by atoms with van der Waals surface area (Å²) < 4.78 is 5.11. The molecule has 1 saturated heterocycles. The van der Waals surface area contributed by atoms with Gasteiger partial charge in [0.15, 0.2) is 6.10 Å². The van der Waals surface area contributed by atoms with Crippen molar-refractivity contribution in [1.82, 2.24) is 10.2 Å². The maximum atomic E-state index is 12.2. The minimum Gasteiger partial charge on any atom is -0.479 e. The first-order valence-electron chi connectivity index (χ1n) is 6.85. The second-order valence-corrected chi connectivity index (χ2v) is 6.64. The van der Waals surface area contributed by atoms with Crippen molar-refractivity contribution in [3.05, 3.63) is 21.4 Å². The van der Waals surface area contributed by atoms with Crippen LogP contribution in [0.1, 0.15) is 28.3 Å². The van der Waals surface area contributed by atoms with E-state index in [1.54, 1.807) is 11.3 Å². The molecule has 2 amide bonds. The number of morpholine rings is 1. The number of carbonyl (C=O) groups is 2. The van der Waals surface area contributed by atoms with Gasteiger partial charge in [-0.25, -0.2) is 9.59 Å². The number of thiophene rings is 1. The highest BCUT2D eigenvalue weighted by atomic mass is 32.1. The SMILES string of the molecule is Cc1cc(C(C)NC(=O)N2CCOC(C(=O)O)C2)c(C)s1. The third-order valence-corrected chi connectivity index (χ3v) is 4.50. The summed E-state index contributed by atoms with van der Waals surface area (Å²) in [5.41, 5.74) is 1.11. The van der Waals surface area contributed by atoms with Gasteiger partial charge in [-0.15, -0.1) is 11.3 Å². The second-order valence-electron chi connectivity index (χ2n) is 5.18. The van der Waals surface area contributed by atoms with Crippen LogP contribution in [0.25, 0.3) is 0 Å². The van der Waals surface area contributed by atoms with Crippen LogP contribution in [0, 0.1) is 13.8 Å². The largest absolute Gasteiger partial charge is 0.479 e. The number of carboxylic acid groups (broad SMARTS) is 1. The molecule has 2 atom stereocenters. The summed E-state index contributed by atoms with van der Waals surface area (Å²) in [6.45, 7) is 6.73. The van der Waals surface area contributed by atoms with Crippen LogP contribution < -0.4 is 5.32 Å². The van der Waals surface area contributed by atoms with E-state index in [1.165, 1.54) is 14.7 Å². The molecule has 116 valence electrons. The molecular formula is C14H20N2O4S. The molecule has 21 heavy (non-hydrogen) atoms. The van der Waals surface area contributed by atoms with Crippen molar-refractivity contribution in [2.24, 2.45) is 0 Å². The lowest BCUT2D eigenvalue weighted by atomic mass is 10.1. The molecule has 2 heterocycles. The van der Waals surface area contributed by atoms with Crippen LogP contribution in [-0.2, 0) is 9.53 Å². The van der Waals surface area contributed by atoms with Crippen LogP contribution in [-0.4, -0.2) is 47.8 Å². The molecule has 2 unspecified atom stereocenters. The van der Waals surface area contributed by atoms with Crippen LogP contribution in [0.3, 0.4) is 0 Å². The van der Waals surface area contributed by atoms with Gasteiger partial charge in [0.1, 0.15) is 0 Å². The Labute approximate surface area is 127 Å². The Bertz CT molecular complexity index is 543. The Balaban J connectivity index is 1.97. The predicted molar refractivity (Wildman–Crippen MR) is 79.7 cm³/mol. The van der Waals surface area contributed by atoms with Crippen molar-refractivity contribution in [1.29, 1.82) is 0 Å². The van der Waals surface area contributed by atoms with Gasteiger partial charge < -0.3 is 20.1 Å². The Morgan fingerprint density at radius 2 is 2.24 bits per heavy atom. The molecule has 0 aliphatic carbocycles. The standard InChI is InChI=1S/C14H20N2O4S/c1-8-6-11(10(3)21-8)9(2)15-14(19)16-4-5-20-12(7-16)13(17)18/h6,9,12H,4-5,7H2,1-3H3,(H,15,19)(H,17,18). The normalized spacial score (nSPS) is 20.1. The van der Waals surface area contributed by atoms with Crippen molar-refractivity contribution < 1.29 is 19.4 Å². The average Bonchev–Trinajstić information content (AvgIpc) is 2.77. The number of aliphatic carboxylic acids is 1. The number of nitrogens with zero attached hydrogens (tertiary/aromatic N) is 1. The zero-order chi connectivity index (χ0) is 15.6. The number of ether oxygens (including phenoxy) is 1. The highest BCUT2D eigenvalue weighted by Crippen LogP contribution is 2.26. The van der Waals surface area contributed by atoms with Gasteiger partial charge in [0.25, 0.3) is 0 Å². The molecule has 0 spiro atoms. The summed E-state index contributed by atoms with van der Waals surface area (Å²) in [5, 5.41) is 11.9. The van der Waals surface area contributed by atoms with Crippen molar-refractivity contribution in [2.45, 2.75) is 32.9 Å². The van der Waals surface area contributed by atoms with Gasteiger partial charge >= 0.3 is 12.0 Å². The van der Waals surface area contributed by atoms with E-state index >= 15 is 0 Å². The topological polar surface area (TPSA) is 78.9 Å². The highest BCUT2D eigenvalue weighted by molar-refractivity contribution is 7.12. The summed E-state index contributed by atoms with van der Waals surface area (Å²) in [4.78, 5) is 27.1. The molecule has 0 saturated carbocycles. The fourth-order valence-corrected chi connectivity index (χ4v) is 3.44. The maximum Gasteiger partial charge on any atom is 0.334 e. The first-order chi connectivity index (χ1) is 9.88. The lowest BCUT2D eigenvalue weighted by Gasteiger charge is -2.31. The zero-order valence-corrected chi connectivity index (χ0v) is 13.2. The average molecular weight is 312 g/mol. The van der Waals surface area contributed by atoms with Crippen molar-refractivity contribution >= 4 is 23.3 Å². The monoisotopic (exact) mass is 312 g/mol. The van der Waals surface area contributed by atoms with E-state index in [0.717, 1.165) is 5.56 Å². The fourth-order valence-electron chi connectivity index (χ4n) is 2.42. The van der Waals surface area contributed by atoms with Crippen molar-refractivity contribution in [2.75, 3.05) is 19.7 Å². The maximum absolute atomic E-state index is 12.2. The number of carbonyl (C=O) groups excluding carboxylic acids is 1. The Morgan fingerprint density at radius 3 is 2.81 bits per heavy atom. The summed E-state index contributed by atoms with van der Waals surface area (Å²) in [6.07, 6.45) is -0.940. The number of nitrogens with one attached hydrogen (secondary N) is 1.